The van der Waals surface area contributed by atoms with Gasteiger partial charge in [0.1, 0.15) is 18.0 Å². The molecular formula is C22H16ClF3N4O3. The van der Waals surface area contributed by atoms with Gasteiger partial charge < -0.3 is 19.1 Å². The number of halogens is 4. The first-order valence-electron chi connectivity index (χ1n) is 9.63. The summed E-state index contributed by atoms with van der Waals surface area (Å²) in [5.41, 5.74) is 1.83. The minimum atomic E-state index is -4.77. The Morgan fingerprint density at radius 2 is 1.91 bits per heavy atom. The summed E-state index contributed by atoms with van der Waals surface area (Å²) in [5.74, 6) is -0.241. The Balaban J connectivity index is 1.42. The number of hydrogen-bond acceptors (Lipinski definition) is 5. The summed E-state index contributed by atoms with van der Waals surface area (Å²) in [4.78, 5) is 16.7. The van der Waals surface area contributed by atoms with E-state index in [-0.39, 0.29) is 29.9 Å². The fourth-order valence-electron chi connectivity index (χ4n) is 3.05. The van der Waals surface area contributed by atoms with Crippen LogP contribution in [0.3, 0.4) is 0 Å². The van der Waals surface area contributed by atoms with E-state index in [4.69, 9.17) is 16.1 Å². The smallest absolute Gasteiger partial charge is 0.406 e. The van der Waals surface area contributed by atoms with Gasteiger partial charge in [0.2, 0.25) is 11.7 Å². The van der Waals surface area contributed by atoms with Gasteiger partial charge in [-0.25, -0.2) is 0 Å². The minimum Gasteiger partial charge on any atom is -0.406 e. The Hall–Kier alpha value is -3.79. The van der Waals surface area contributed by atoms with Crippen molar-refractivity contribution in [3.05, 3.63) is 77.4 Å². The Morgan fingerprint density at radius 1 is 1.12 bits per heavy atom. The van der Waals surface area contributed by atoms with Crippen molar-refractivity contribution in [3.8, 4) is 28.7 Å². The van der Waals surface area contributed by atoms with E-state index in [2.05, 4.69) is 20.2 Å². The molecule has 0 saturated carbocycles. The zero-order chi connectivity index (χ0) is 23.4. The fraction of sp³-hybridized carbons (Fsp3) is 0.136. The molecule has 0 unspecified atom stereocenters. The Labute approximate surface area is 190 Å². The van der Waals surface area contributed by atoms with Crippen molar-refractivity contribution in [1.82, 2.24) is 20.0 Å². The van der Waals surface area contributed by atoms with Gasteiger partial charge in [-0.2, -0.15) is 4.98 Å². The number of aromatic nitrogens is 3. The van der Waals surface area contributed by atoms with Crippen LogP contribution in [0.15, 0.2) is 71.4 Å². The highest BCUT2D eigenvalue weighted by Gasteiger charge is 2.31. The largest absolute Gasteiger partial charge is 0.573 e. The van der Waals surface area contributed by atoms with Crippen molar-refractivity contribution in [2.75, 3.05) is 0 Å². The first-order chi connectivity index (χ1) is 15.8. The van der Waals surface area contributed by atoms with E-state index < -0.39 is 6.36 Å². The second-order valence-electron chi connectivity index (χ2n) is 6.92. The molecule has 0 aliphatic rings. The minimum absolute atomic E-state index is 0.0179. The zero-order valence-electron chi connectivity index (χ0n) is 16.8. The van der Waals surface area contributed by atoms with Crippen molar-refractivity contribution in [3.63, 3.8) is 0 Å². The van der Waals surface area contributed by atoms with Gasteiger partial charge in [-0.05, 0) is 54.1 Å². The first kappa shape index (κ1) is 22.4. The zero-order valence-corrected chi connectivity index (χ0v) is 17.6. The molecule has 0 saturated heterocycles. The second kappa shape index (κ2) is 9.37. The average molecular weight is 477 g/mol. The lowest BCUT2D eigenvalue weighted by atomic mass is 10.2. The van der Waals surface area contributed by atoms with Crippen LogP contribution in [0.1, 0.15) is 5.56 Å². The van der Waals surface area contributed by atoms with Gasteiger partial charge in [-0.1, -0.05) is 28.9 Å². The molecule has 0 bridgehead atoms. The molecule has 170 valence electrons. The van der Waals surface area contributed by atoms with Crippen LogP contribution in [0.25, 0.3) is 23.0 Å². The molecular weight excluding hydrogens is 461 g/mol. The molecule has 0 atom stereocenters. The van der Waals surface area contributed by atoms with Crippen LogP contribution in [0, 0.1) is 0 Å². The highest BCUT2D eigenvalue weighted by molar-refractivity contribution is 6.30. The third-order valence-electron chi connectivity index (χ3n) is 4.51. The standard InChI is InChI=1S/C22H16ClF3N4O3/c23-16-4-1-3-14(11-16)12-27-19(31)13-30-10-2-5-18(30)21-28-20(29-33-21)15-6-8-17(9-7-15)32-22(24,25)26/h1-11H,12-13H2,(H,27,31). The summed E-state index contributed by atoms with van der Waals surface area (Å²) in [6.45, 7) is 0.346. The lowest BCUT2D eigenvalue weighted by molar-refractivity contribution is -0.274. The Morgan fingerprint density at radius 3 is 2.64 bits per heavy atom. The van der Waals surface area contributed by atoms with Crippen molar-refractivity contribution < 1.29 is 27.2 Å². The molecule has 0 spiro atoms. The summed E-state index contributed by atoms with van der Waals surface area (Å²) in [6, 6.07) is 15.7. The molecule has 2 aromatic carbocycles. The maximum Gasteiger partial charge on any atom is 0.573 e. The SMILES string of the molecule is O=C(Cn1cccc1-c1nc(-c2ccc(OC(F)(F)F)cc2)no1)NCc1cccc(Cl)c1. The summed E-state index contributed by atoms with van der Waals surface area (Å²) in [6.07, 6.45) is -3.08. The Kier molecular flexibility index (Phi) is 6.36. The predicted molar refractivity (Wildman–Crippen MR) is 113 cm³/mol. The molecule has 1 amide bonds. The summed E-state index contributed by atoms with van der Waals surface area (Å²) >= 11 is 5.95. The molecule has 0 aliphatic heterocycles. The topological polar surface area (TPSA) is 82.2 Å². The van der Waals surface area contributed by atoms with Crippen LogP contribution in [-0.2, 0) is 17.9 Å². The number of hydrogen-bond donors (Lipinski definition) is 1. The van der Waals surface area contributed by atoms with Crippen LogP contribution in [0.2, 0.25) is 5.02 Å². The number of nitrogens with zero attached hydrogens (tertiary/aromatic N) is 3. The highest BCUT2D eigenvalue weighted by atomic mass is 35.5. The summed E-state index contributed by atoms with van der Waals surface area (Å²) < 4.78 is 47.7. The normalized spacial score (nSPS) is 11.4. The van der Waals surface area contributed by atoms with Crippen LogP contribution >= 0.6 is 11.6 Å². The molecule has 4 rings (SSSR count). The quantitative estimate of drug-likeness (QED) is 0.402. The predicted octanol–water partition coefficient (Wildman–Crippen LogP) is 5.07. The van der Waals surface area contributed by atoms with Crippen molar-refractivity contribution in [2.45, 2.75) is 19.5 Å². The summed E-state index contributed by atoms with van der Waals surface area (Å²) in [7, 11) is 0. The maximum absolute atomic E-state index is 12.4. The number of rotatable bonds is 7. The maximum atomic E-state index is 12.4. The van der Waals surface area contributed by atoms with Gasteiger partial charge >= 0.3 is 6.36 Å². The van der Waals surface area contributed by atoms with Gasteiger partial charge in [0.25, 0.3) is 5.89 Å². The molecule has 1 N–H and O–H groups in total. The lowest BCUT2D eigenvalue weighted by Crippen LogP contribution is -2.27. The number of nitrogens with one attached hydrogen (secondary N) is 1. The van der Waals surface area contributed by atoms with E-state index in [1.807, 2.05) is 6.07 Å². The molecule has 0 aliphatic carbocycles. The van der Waals surface area contributed by atoms with Gasteiger partial charge in [-0.15, -0.1) is 13.2 Å². The van der Waals surface area contributed by atoms with Crippen LogP contribution in [0.5, 0.6) is 5.75 Å². The second-order valence-corrected chi connectivity index (χ2v) is 7.36. The first-order valence-corrected chi connectivity index (χ1v) is 10.0. The van der Waals surface area contributed by atoms with Gasteiger partial charge in [0, 0.05) is 23.3 Å². The number of carbonyl (C=O) groups excluding carboxylic acids is 1. The fourth-order valence-corrected chi connectivity index (χ4v) is 3.27. The number of benzene rings is 2. The Bertz CT molecular complexity index is 1250. The molecule has 4 aromatic rings. The number of alkyl halides is 3. The molecule has 11 heteroatoms. The van der Waals surface area contributed by atoms with E-state index in [0.717, 1.165) is 17.7 Å². The third-order valence-corrected chi connectivity index (χ3v) is 4.75. The molecule has 0 radical (unpaired) electrons. The van der Waals surface area contributed by atoms with Crippen LogP contribution in [-0.4, -0.2) is 27.0 Å². The molecule has 0 fully saturated rings. The van der Waals surface area contributed by atoms with E-state index in [0.29, 0.717) is 22.8 Å². The van der Waals surface area contributed by atoms with Gasteiger partial charge in [0.15, 0.2) is 0 Å². The van der Waals surface area contributed by atoms with Gasteiger partial charge in [0.05, 0.1) is 0 Å². The number of ether oxygens (including phenoxy) is 1. The monoisotopic (exact) mass is 476 g/mol. The van der Waals surface area contributed by atoms with E-state index in [9.17, 15) is 18.0 Å². The molecule has 2 heterocycles. The van der Waals surface area contributed by atoms with Gasteiger partial charge in [-0.3, -0.25) is 4.79 Å². The average Bonchev–Trinajstić information content (AvgIpc) is 3.41. The molecule has 2 aromatic heterocycles. The van der Waals surface area contributed by atoms with Crippen LogP contribution < -0.4 is 10.1 Å². The van der Waals surface area contributed by atoms with Crippen molar-refractivity contribution in [2.24, 2.45) is 0 Å². The number of amides is 1. The summed E-state index contributed by atoms with van der Waals surface area (Å²) in [5, 5.41) is 7.28. The van der Waals surface area contributed by atoms with Crippen molar-refractivity contribution in [1.29, 1.82) is 0 Å². The lowest BCUT2D eigenvalue weighted by Gasteiger charge is -2.08. The highest BCUT2D eigenvalue weighted by Crippen LogP contribution is 2.27. The van der Waals surface area contributed by atoms with E-state index in [1.165, 1.54) is 12.1 Å². The van der Waals surface area contributed by atoms with E-state index >= 15 is 0 Å². The number of carbonyl (C=O) groups is 1. The van der Waals surface area contributed by atoms with E-state index in [1.54, 1.807) is 41.1 Å². The molecule has 33 heavy (non-hydrogen) atoms. The third kappa shape index (κ3) is 5.92. The molecule has 7 nitrogen and oxygen atoms in total. The van der Waals surface area contributed by atoms with Crippen LogP contribution in [0.4, 0.5) is 13.2 Å². The van der Waals surface area contributed by atoms with Crippen molar-refractivity contribution >= 4 is 17.5 Å².